The van der Waals surface area contributed by atoms with Crippen LogP contribution in [0.4, 0.5) is 0 Å². The molecule has 0 bridgehead atoms. The summed E-state index contributed by atoms with van der Waals surface area (Å²) in [6.45, 7) is 2.72. The zero-order valence-corrected chi connectivity index (χ0v) is 12.1. The quantitative estimate of drug-likeness (QED) is 0.786. The molecule has 1 aliphatic heterocycles. The normalized spacial score (nSPS) is 26.4. The molecule has 3 N–H and O–H groups in total. The number of carboxylic acids is 1. The molecule has 1 heterocycles. The highest BCUT2D eigenvalue weighted by Crippen LogP contribution is 2.41. The lowest BCUT2D eigenvalue weighted by Crippen LogP contribution is -2.52. The molecule has 5 heteroatoms. The zero-order valence-electron chi connectivity index (χ0n) is 12.1. The van der Waals surface area contributed by atoms with Crippen LogP contribution < -0.4 is 10.1 Å². The lowest BCUT2D eigenvalue weighted by Gasteiger charge is -2.40. The third kappa shape index (κ3) is 2.51. The third-order valence-corrected chi connectivity index (χ3v) is 4.75. The van der Waals surface area contributed by atoms with Crippen molar-refractivity contribution in [3.63, 3.8) is 0 Å². The molecule has 1 aromatic carbocycles. The maximum Gasteiger partial charge on any atom is 0.310 e. The Labute approximate surface area is 123 Å². The standard InChI is InChI=1S/C16H21NO4/c1-10-3-4-11-13(7-10)21-8-12(14(11)18)17-9-16(15(19)20)5-2-6-16/h3-4,7,12,14,17-18H,2,5-6,8-9H2,1H3,(H,19,20)/t12-,14+/m0/s1. The number of fused-ring (bicyclic) bond motifs is 1. The molecule has 0 radical (unpaired) electrons. The van der Waals surface area contributed by atoms with Crippen LogP contribution >= 0.6 is 0 Å². The van der Waals surface area contributed by atoms with Crippen LogP contribution in [0.3, 0.4) is 0 Å². The first-order valence-electron chi connectivity index (χ1n) is 7.40. The van der Waals surface area contributed by atoms with Crippen molar-refractivity contribution < 1.29 is 19.7 Å². The largest absolute Gasteiger partial charge is 0.491 e. The fraction of sp³-hybridized carbons (Fsp3) is 0.562. The van der Waals surface area contributed by atoms with Gasteiger partial charge in [0.1, 0.15) is 18.5 Å². The van der Waals surface area contributed by atoms with E-state index >= 15 is 0 Å². The van der Waals surface area contributed by atoms with E-state index in [4.69, 9.17) is 4.74 Å². The first-order valence-corrected chi connectivity index (χ1v) is 7.40. The molecule has 1 fully saturated rings. The lowest BCUT2D eigenvalue weighted by atomic mass is 9.68. The Hall–Kier alpha value is -1.59. The van der Waals surface area contributed by atoms with E-state index in [2.05, 4.69) is 5.32 Å². The van der Waals surface area contributed by atoms with Crippen LogP contribution in [0.2, 0.25) is 0 Å². The molecule has 0 saturated heterocycles. The SMILES string of the molecule is Cc1ccc2c(c1)OC[C@H](NCC1(C(=O)O)CCC1)[C@@H]2O. The summed E-state index contributed by atoms with van der Waals surface area (Å²) >= 11 is 0. The summed E-state index contributed by atoms with van der Waals surface area (Å²) in [5.41, 5.74) is 1.20. The molecule has 114 valence electrons. The van der Waals surface area contributed by atoms with E-state index in [1.54, 1.807) is 0 Å². The van der Waals surface area contributed by atoms with Crippen molar-refractivity contribution in [1.29, 1.82) is 0 Å². The second kappa shape index (κ2) is 5.31. The number of carbonyl (C=O) groups is 1. The zero-order chi connectivity index (χ0) is 15.0. The number of nitrogens with one attached hydrogen (secondary N) is 1. The number of carboxylic acid groups (broad SMARTS) is 1. The van der Waals surface area contributed by atoms with Crippen LogP contribution in [-0.4, -0.2) is 35.4 Å². The maximum absolute atomic E-state index is 11.4. The van der Waals surface area contributed by atoms with Crippen molar-refractivity contribution in [3.8, 4) is 5.75 Å². The number of hydrogen-bond donors (Lipinski definition) is 3. The summed E-state index contributed by atoms with van der Waals surface area (Å²) in [5, 5.41) is 23.0. The Balaban J connectivity index is 1.68. The van der Waals surface area contributed by atoms with Crippen LogP contribution in [0.15, 0.2) is 18.2 Å². The molecule has 21 heavy (non-hydrogen) atoms. The van der Waals surface area contributed by atoms with Gasteiger partial charge in [0.2, 0.25) is 0 Å². The predicted octanol–water partition coefficient (Wildman–Crippen LogP) is 1.63. The van der Waals surface area contributed by atoms with Crippen LogP contribution in [0, 0.1) is 12.3 Å². The summed E-state index contributed by atoms with van der Waals surface area (Å²) in [4.78, 5) is 11.4. The number of aliphatic carboxylic acids is 1. The predicted molar refractivity (Wildman–Crippen MR) is 77.3 cm³/mol. The molecule has 0 aromatic heterocycles. The first-order chi connectivity index (χ1) is 10.0. The van der Waals surface area contributed by atoms with Crippen molar-refractivity contribution in [2.75, 3.05) is 13.2 Å². The van der Waals surface area contributed by atoms with Gasteiger partial charge in [-0.2, -0.15) is 0 Å². The number of aliphatic hydroxyl groups excluding tert-OH is 1. The van der Waals surface area contributed by atoms with Crippen LogP contribution in [0.25, 0.3) is 0 Å². The van der Waals surface area contributed by atoms with Gasteiger partial charge >= 0.3 is 5.97 Å². The van der Waals surface area contributed by atoms with Gasteiger partial charge in [0.15, 0.2) is 0 Å². The van der Waals surface area contributed by atoms with E-state index in [1.165, 1.54) is 0 Å². The molecule has 0 amide bonds. The van der Waals surface area contributed by atoms with E-state index in [9.17, 15) is 15.0 Å². The topological polar surface area (TPSA) is 78.8 Å². The van der Waals surface area contributed by atoms with Crippen LogP contribution in [0.5, 0.6) is 5.75 Å². The summed E-state index contributed by atoms with van der Waals surface area (Å²) in [7, 11) is 0. The average Bonchev–Trinajstić information content (AvgIpc) is 2.39. The van der Waals surface area contributed by atoms with E-state index in [1.807, 2.05) is 25.1 Å². The van der Waals surface area contributed by atoms with Crippen molar-refractivity contribution in [3.05, 3.63) is 29.3 Å². The minimum absolute atomic E-state index is 0.267. The molecule has 3 rings (SSSR count). The van der Waals surface area contributed by atoms with E-state index in [0.717, 1.165) is 23.3 Å². The van der Waals surface area contributed by atoms with E-state index < -0.39 is 17.5 Å². The lowest BCUT2D eigenvalue weighted by molar-refractivity contribution is -0.154. The number of hydrogen-bond acceptors (Lipinski definition) is 4. The molecule has 0 spiro atoms. The van der Waals surface area contributed by atoms with Gasteiger partial charge in [-0.05, 0) is 31.4 Å². The maximum atomic E-state index is 11.4. The Morgan fingerprint density at radius 2 is 2.24 bits per heavy atom. The van der Waals surface area contributed by atoms with Gasteiger partial charge in [0.05, 0.1) is 11.5 Å². The van der Waals surface area contributed by atoms with Gasteiger partial charge in [-0.25, -0.2) is 0 Å². The van der Waals surface area contributed by atoms with Crippen molar-refractivity contribution in [2.45, 2.75) is 38.3 Å². The third-order valence-electron chi connectivity index (χ3n) is 4.75. The Morgan fingerprint density at radius 1 is 1.48 bits per heavy atom. The summed E-state index contributed by atoms with van der Waals surface area (Å²) < 4.78 is 5.69. The van der Waals surface area contributed by atoms with Gasteiger partial charge in [-0.1, -0.05) is 18.6 Å². The molecule has 1 aliphatic carbocycles. The highest BCUT2D eigenvalue weighted by Gasteiger charge is 2.45. The number of ether oxygens (including phenoxy) is 1. The van der Waals surface area contributed by atoms with Gasteiger partial charge < -0.3 is 20.3 Å². The highest BCUT2D eigenvalue weighted by molar-refractivity contribution is 5.76. The first kappa shape index (κ1) is 14.4. The summed E-state index contributed by atoms with van der Waals surface area (Å²) in [6, 6.07) is 5.47. The van der Waals surface area contributed by atoms with Gasteiger partial charge in [0.25, 0.3) is 0 Å². The van der Waals surface area contributed by atoms with Crippen LogP contribution in [0.1, 0.15) is 36.5 Å². The Morgan fingerprint density at radius 3 is 2.86 bits per heavy atom. The average molecular weight is 291 g/mol. The minimum Gasteiger partial charge on any atom is -0.491 e. The summed E-state index contributed by atoms with van der Waals surface area (Å²) in [6.07, 6.45) is 1.70. The molecule has 2 aliphatic rings. The summed E-state index contributed by atoms with van der Waals surface area (Å²) in [5.74, 6) is -0.0272. The number of aliphatic hydroxyl groups is 1. The minimum atomic E-state index is -0.747. The fourth-order valence-electron chi connectivity index (χ4n) is 3.07. The second-order valence-corrected chi connectivity index (χ2v) is 6.22. The number of benzene rings is 1. The number of rotatable bonds is 4. The smallest absolute Gasteiger partial charge is 0.310 e. The molecule has 5 nitrogen and oxygen atoms in total. The molecule has 1 saturated carbocycles. The van der Waals surface area contributed by atoms with E-state index in [0.29, 0.717) is 26.0 Å². The molecular weight excluding hydrogens is 270 g/mol. The number of aryl methyl sites for hydroxylation is 1. The van der Waals surface area contributed by atoms with Crippen molar-refractivity contribution >= 4 is 5.97 Å². The highest BCUT2D eigenvalue weighted by atomic mass is 16.5. The fourth-order valence-corrected chi connectivity index (χ4v) is 3.07. The van der Waals surface area contributed by atoms with Crippen molar-refractivity contribution in [2.24, 2.45) is 5.41 Å². The Bertz CT molecular complexity index is 553. The molecule has 2 atom stereocenters. The monoisotopic (exact) mass is 291 g/mol. The van der Waals surface area contributed by atoms with Gasteiger partial charge in [0, 0.05) is 12.1 Å². The van der Waals surface area contributed by atoms with Gasteiger partial charge in [-0.15, -0.1) is 0 Å². The van der Waals surface area contributed by atoms with Gasteiger partial charge in [-0.3, -0.25) is 4.79 Å². The second-order valence-electron chi connectivity index (χ2n) is 6.22. The molecule has 1 aromatic rings. The Kier molecular flexibility index (Phi) is 3.63. The molecular formula is C16H21NO4. The van der Waals surface area contributed by atoms with Crippen molar-refractivity contribution in [1.82, 2.24) is 5.32 Å². The molecule has 0 unspecified atom stereocenters. The van der Waals surface area contributed by atoms with Crippen LogP contribution in [-0.2, 0) is 4.79 Å². The van der Waals surface area contributed by atoms with E-state index in [-0.39, 0.29) is 6.04 Å².